The maximum absolute atomic E-state index is 11.9. The van der Waals surface area contributed by atoms with Gasteiger partial charge in [0.1, 0.15) is 10.1 Å². The predicted molar refractivity (Wildman–Crippen MR) is 88.3 cm³/mol. The average Bonchev–Trinajstić information content (AvgIpc) is 2.47. The summed E-state index contributed by atoms with van der Waals surface area (Å²) < 4.78 is 43.9. The summed E-state index contributed by atoms with van der Waals surface area (Å²) in [7, 11) is -5.00. The van der Waals surface area contributed by atoms with E-state index in [9.17, 15) is 22.6 Å². The Morgan fingerprint density at radius 3 is 1.80 bits per heavy atom. The molecule has 0 heterocycles. The van der Waals surface area contributed by atoms with Gasteiger partial charge in [0.05, 0.1) is 18.6 Å². The van der Waals surface area contributed by atoms with Crippen LogP contribution in [0.3, 0.4) is 0 Å². The number of hydrogen-bond acceptors (Lipinski definition) is 7. The standard InChI is InChI=1S/C16H30O7S.Na/c1-5-7-9-12(3)22-15(17)11-14(24(19,20)21)16(18)23-13(4)10-8-6-2;/h12-14H,5-11H2,1-4H3,(H,19,20,21);/q;+1/p-1. The molecule has 0 N–H and O–H groups in total. The van der Waals surface area contributed by atoms with Gasteiger partial charge in [0.2, 0.25) is 0 Å². The van der Waals surface area contributed by atoms with Crippen LogP contribution >= 0.6 is 0 Å². The Morgan fingerprint density at radius 2 is 1.40 bits per heavy atom. The summed E-state index contributed by atoms with van der Waals surface area (Å²) in [6.45, 7) is 7.26. The van der Waals surface area contributed by atoms with Crippen LogP contribution in [0.1, 0.15) is 72.6 Å². The zero-order valence-electron chi connectivity index (χ0n) is 15.9. The fourth-order valence-corrected chi connectivity index (χ4v) is 2.73. The van der Waals surface area contributed by atoms with E-state index in [2.05, 4.69) is 0 Å². The number of unbranched alkanes of at least 4 members (excludes halogenated alkanes) is 2. The largest absolute Gasteiger partial charge is 1.00 e. The van der Waals surface area contributed by atoms with Gasteiger partial charge in [0.25, 0.3) is 0 Å². The normalized spacial score (nSPS) is 14.8. The van der Waals surface area contributed by atoms with Gasteiger partial charge in [-0.05, 0) is 26.7 Å². The fourth-order valence-electron chi connectivity index (χ4n) is 2.10. The molecule has 9 heteroatoms. The second kappa shape index (κ2) is 14.0. The third-order valence-corrected chi connectivity index (χ3v) is 4.60. The van der Waals surface area contributed by atoms with Gasteiger partial charge in [-0.15, -0.1) is 0 Å². The van der Waals surface area contributed by atoms with Crippen molar-refractivity contribution in [2.24, 2.45) is 0 Å². The molecule has 0 aliphatic heterocycles. The van der Waals surface area contributed by atoms with Gasteiger partial charge >= 0.3 is 41.5 Å². The smallest absolute Gasteiger partial charge is 0.747 e. The summed E-state index contributed by atoms with van der Waals surface area (Å²) in [4.78, 5) is 23.8. The Hall–Kier alpha value is -0.150. The summed E-state index contributed by atoms with van der Waals surface area (Å²) in [5.41, 5.74) is 0. The minimum atomic E-state index is -5.00. The van der Waals surface area contributed by atoms with E-state index in [1.165, 1.54) is 0 Å². The van der Waals surface area contributed by atoms with Crippen LogP contribution in [-0.4, -0.2) is 42.4 Å². The van der Waals surface area contributed by atoms with Gasteiger partial charge in [0, 0.05) is 0 Å². The molecule has 0 aromatic rings. The minimum absolute atomic E-state index is 0. The molecule has 0 fully saturated rings. The maximum atomic E-state index is 11.9. The van der Waals surface area contributed by atoms with E-state index in [-0.39, 0.29) is 29.6 Å². The summed E-state index contributed by atoms with van der Waals surface area (Å²) >= 11 is 0. The number of rotatable bonds is 12. The topological polar surface area (TPSA) is 110 Å². The summed E-state index contributed by atoms with van der Waals surface area (Å²) in [5, 5.41) is -2.06. The molecule has 25 heavy (non-hydrogen) atoms. The average molecular weight is 388 g/mol. The first kappa shape index (κ1) is 27.1. The Bertz CT molecular complexity index is 493. The van der Waals surface area contributed by atoms with Crippen LogP contribution < -0.4 is 29.6 Å². The predicted octanol–water partition coefficient (Wildman–Crippen LogP) is -0.462. The van der Waals surface area contributed by atoms with Crippen molar-refractivity contribution < 1.29 is 61.6 Å². The maximum Gasteiger partial charge on any atom is 1.00 e. The van der Waals surface area contributed by atoms with Crippen LogP contribution in [0, 0.1) is 0 Å². The Balaban J connectivity index is 0. The molecule has 7 nitrogen and oxygen atoms in total. The van der Waals surface area contributed by atoms with Crippen LogP contribution in [0.5, 0.6) is 0 Å². The molecule has 0 amide bonds. The van der Waals surface area contributed by atoms with Crippen molar-refractivity contribution in [3.8, 4) is 0 Å². The third kappa shape index (κ3) is 12.8. The zero-order valence-corrected chi connectivity index (χ0v) is 18.8. The van der Waals surface area contributed by atoms with E-state index in [0.717, 1.165) is 25.7 Å². The van der Waals surface area contributed by atoms with Crippen LogP contribution in [0.25, 0.3) is 0 Å². The van der Waals surface area contributed by atoms with Crippen LogP contribution in [0.4, 0.5) is 0 Å². The van der Waals surface area contributed by atoms with Gasteiger partial charge in [-0.3, -0.25) is 9.59 Å². The van der Waals surface area contributed by atoms with E-state index in [0.29, 0.717) is 12.8 Å². The molecule has 0 radical (unpaired) electrons. The van der Waals surface area contributed by atoms with Crippen LogP contribution in [-0.2, 0) is 29.2 Å². The second-order valence-corrected chi connectivity index (χ2v) is 7.57. The molecule has 0 aliphatic carbocycles. The minimum Gasteiger partial charge on any atom is -0.747 e. The molecule has 3 unspecified atom stereocenters. The molecular formula is C16H29NaO7S. The molecule has 0 bridgehead atoms. The quantitative estimate of drug-likeness (QED) is 0.253. The molecule has 3 atom stereocenters. The van der Waals surface area contributed by atoms with E-state index < -0.39 is 45.9 Å². The Morgan fingerprint density at radius 1 is 0.960 bits per heavy atom. The monoisotopic (exact) mass is 388 g/mol. The van der Waals surface area contributed by atoms with Crippen LogP contribution in [0.15, 0.2) is 0 Å². The summed E-state index contributed by atoms with van der Waals surface area (Å²) in [6, 6.07) is 0. The Kier molecular flexibility index (Phi) is 15.1. The third-order valence-electron chi connectivity index (χ3n) is 3.54. The SMILES string of the molecule is CCCCC(C)OC(=O)CC(C(=O)OC(C)CCCC)S(=O)(=O)[O-].[Na+]. The van der Waals surface area contributed by atoms with Gasteiger partial charge in [-0.2, -0.15) is 0 Å². The molecule has 0 aromatic carbocycles. The van der Waals surface area contributed by atoms with Crippen molar-refractivity contribution in [3.05, 3.63) is 0 Å². The van der Waals surface area contributed by atoms with Crippen LogP contribution in [0.2, 0.25) is 0 Å². The van der Waals surface area contributed by atoms with Gasteiger partial charge < -0.3 is 14.0 Å². The van der Waals surface area contributed by atoms with Crippen molar-refractivity contribution in [1.29, 1.82) is 0 Å². The van der Waals surface area contributed by atoms with Crippen molar-refractivity contribution in [3.63, 3.8) is 0 Å². The number of carbonyl (C=O) groups is 2. The van der Waals surface area contributed by atoms with Gasteiger partial charge in [-0.25, -0.2) is 8.42 Å². The summed E-state index contributed by atoms with van der Waals surface area (Å²) in [6.07, 6.45) is 2.96. The molecule has 0 rings (SSSR count). The van der Waals surface area contributed by atoms with Crippen molar-refractivity contribution >= 4 is 22.1 Å². The molecule has 0 aliphatic rings. The number of hydrogen-bond donors (Lipinski definition) is 0. The van der Waals surface area contributed by atoms with Gasteiger partial charge in [-0.1, -0.05) is 39.5 Å². The van der Waals surface area contributed by atoms with E-state index >= 15 is 0 Å². The van der Waals surface area contributed by atoms with E-state index in [4.69, 9.17) is 9.47 Å². The molecule has 0 aromatic heterocycles. The summed E-state index contributed by atoms with van der Waals surface area (Å²) in [5.74, 6) is -2.08. The molecule has 0 saturated heterocycles. The first-order chi connectivity index (χ1) is 11.1. The fraction of sp³-hybridized carbons (Fsp3) is 0.875. The van der Waals surface area contributed by atoms with E-state index in [1.807, 2.05) is 13.8 Å². The Labute approximate surface area is 173 Å². The first-order valence-electron chi connectivity index (χ1n) is 8.46. The molecule has 142 valence electrons. The zero-order chi connectivity index (χ0) is 18.8. The van der Waals surface area contributed by atoms with E-state index in [1.54, 1.807) is 13.8 Å². The second-order valence-electron chi connectivity index (χ2n) is 6.02. The first-order valence-corrected chi connectivity index (χ1v) is 9.93. The van der Waals surface area contributed by atoms with Gasteiger partial charge in [0.15, 0.2) is 5.25 Å². The van der Waals surface area contributed by atoms with Crippen molar-refractivity contribution in [2.45, 2.75) is 90.1 Å². The number of ether oxygens (including phenoxy) is 2. The molecule has 0 saturated carbocycles. The molecule has 0 spiro atoms. The number of esters is 2. The van der Waals surface area contributed by atoms with Crippen molar-refractivity contribution in [1.82, 2.24) is 0 Å². The number of carbonyl (C=O) groups excluding carboxylic acids is 2. The molecular weight excluding hydrogens is 359 g/mol. The van der Waals surface area contributed by atoms with Crippen molar-refractivity contribution in [2.75, 3.05) is 0 Å².